The molecular formula is C15H22N4O2. The zero-order chi connectivity index (χ0) is 15.1. The van der Waals surface area contributed by atoms with Crippen LogP contribution in [-0.2, 0) is 11.3 Å². The number of ether oxygens (including phenoxy) is 1. The minimum atomic E-state index is 0.0437. The molecule has 6 nitrogen and oxygen atoms in total. The Hall–Kier alpha value is -1.92. The molecule has 114 valence electrons. The fourth-order valence-electron chi connectivity index (χ4n) is 1.95. The van der Waals surface area contributed by atoms with E-state index in [0.29, 0.717) is 18.5 Å². The number of nitrogens with one attached hydrogen (secondary N) is 2. The van der Waals surface area contributed by atoms with E-state index in [1.54, 1.807) is 7.11 Å². The molecule has 1 heterocycles. The van der Waals surface area contributed by atoms with E-state index in [2.05, 4.69) is 27.8 Å². The van der Waals surface area contributed by atoms with Gasteiger partial charge in [-0.05, 0) is 26.0 Å². The van der Waals surface area contributed by atoms with Crippen LogP contribution in [0.2, 0.25) is 0 Å². The number of methoxy groups -OCH3 is 1. The molecule has 0 aliphatic heterocycles. The third-order valence-corrected chi connectivity index (χ3v) is 3.07. The topological polar surface area (TPSA) is 72.2 Å². The van der Waals surface area contributed by atoms with E-state index in [4.69, 9.17) is 9.15 Å². The quantitative estimate of drug-likeness (QED) is 0.778. The normalized spacial score (nSPS) is 12.3. The van der Waals surface area contributed by atoms with Crippen LogP contribution in [0, 0.1) is 0 Å². The highest BCUT2D eigenvalue weighted by molar-refractivity contribution is 5.57. The minimum absolute atomic E-state index is 0.0437. The highest BCUT2D eigenvalue weighted by Gasteiger charge is 2.13. The van der Waals surface area contributed by atoms with Crippen LogP contribution in [0.4, 0.5) is 11.7 Å². The molecule has 1 unspecified atom stereocenters. The second-order valence-corrected chi connectivity index (χ2v) is 4.84. The Balaban J connectivity index is 2.05. The third-order valence-electron chi connectivity index (χ3n) is 3.07. The average molecular weight is 290 g/mol. The van der Waals surface area contributed by atoms with Gasteiger partial charge in [0.2, 0.25) is 5.89 Å². The summed E-state index contributed by atoms with van der Waals surface area (Å²) in [6.07, 6.45) is 1.06. The molecule has 0 bridgehead atoms. The molecule has 1 aromatic heterocycles. The Bertz CT molecular complexity index is 556. The fraction of sp³-hybridized carbons (Fsp3) is 0.467. The highest BCUT2D eigenvalue weighted by Crippen LogP contribution is 2.22. The summed E-state index contributed by atoms with van der Waals surface area (Å²) < 4.78 is 10.8. The number of anilines is 2. The van der Waals surface area contributed by atoms with Gasteiger partial charge in [-0.2, -0.15) is 0 Å². The van der Waals surface area contributed by atoms with Crippen molar-refractivity contribution in [3.63, 3.8) is 0 Å². The Kier molecular flexibility index (Phi) is 5.71. The molecule has 1 aromatic carbocycles. The minimum Gasteiger partial charge on any atom is -0.406 e. The molecular weight excluding hydrogens is 268 g/mol. The summed E-state index contributed by atoms with van der Waals surface area (Å²) in [5, 5.41) is 14.6. The van der Waals surface area contributed by atoms with E-state index in [1.165, 1.54) is 0 Å². The maximum atomic E-state index is 5.64. The number of hydrogen-bond acceptors (Lipinski definition) is 6. The molecule has 2 N–H and O–H groups in total. The molecule has 0 radical (unpaired) electrons. The van der Waals surface area contributed by atoms with Crippen LogP contribution in [-0.4, -0.2) is 23.9 Å². The number of hydrogen-bond donors (Lipinski definition) is 2. The van der Waals surface area contributed by atoms with Crippen molar-refractivity contribution in [2.24, 2.45) is 0 Å². The molecule has 0 aliphatic rings. The molecule has 2 rings (SSSR count). The first kappa shape index (κ1) is 15.5. The van der Waals surface area contributed by atoms with Crippen LogP contribution in [0.15, 0.2) is 28.7 Å². The van der Waals surface area contributed by atoms with E-state index in [-0.39, 0.29) is 6.04 Å². The van der Waals surface area contributed by atoms with Crippen molar-refractivity contribution >= 4 is 11.7 Å². The molecule has 0 saturated carbocycles. The van der Waals surface area contributed by atoms with Crippen LogP contribution in [0.5, 0.6) is 0 Å². The number of aromatic nitrogens is 2. The smallest absolute Gasteiger partial charge is 0.320 e. The standard InChI is InChI=1S/C15H22N4O2/c1-4-9-16-11(2)14-18-19-15(21-14)17-13-8-6-5-7-12(13)10-20-3/h5-8,11,16H,4,9-10H2,1-3H3,(H,17,19). The lowest BCUT2D eigenvalue weighted by Crippen LogP contribution is -2.19. The molecule has 0 fully saturated rings. The van der Waals surface area contributed by atoms with E-state index in [1.807, 2.05) is 31.2 Å². The van der Waals surface area contributed by atoms with Crippen molar-refractivity contribution < 1.29 is 9.15 Å². The van der Waals surface area contributed by atoms with Gasteiger partial charge in [0.05, 0.1) is 12.6 Å². The second-order valence-electron chi connectivity index (χ2n) is 4.84. The van der Waals surface area contributed by atoms with Gasteiger partial charge in [0.1, 0.15) is 0 Å². The summed E-state index contributed by atoms with van der Waals surface area (Å²) in [5.41, 5.74) is 1.95. The maximum absolute atomic E-state index is 5.64. The van der Waals surface area contributed by atoms with Crippen molar-refractivity contribution in [2.75, 3.05) is 19.0 Å². The zero-order valence-electron chi connectivity index (χ0n) is 12.7. The maximum Gasteiger partial charge on any atom is 0.320 e. The van der Waals surface area contributed by atoms with E-state index in [0.717, 1.165) is 24.2 Å². The molecule has 0 amide bonds. The van der Waals surface area contributed by atoms with Crippen molar-refractivity contribution in [1.29, 1.82) is 0 Å². The second kappa shape index (κ2) is 7.75. The van der Waals surface area contributed by atoms with E-state index < -0.39 is 0 Å². The monoisotopic (exact) mass is 290 g/mol. The molecule has 0 spiro atoms. The van der Waals surface area contributed by atoms with Gasteiger partial charge in [0, 0.05) is 18.4 Å². The van der Waals surface area contributed by atoms with Crippen molar-refractivity contribution in [3.8, 4) is 0 Å². The lowest BCUT2D eigenvalue weighted by atomic mass is 10.2. The zero-order valence-corrected chi connectivity index (χ0v) is 12.7. The van der Waals surface area contributed by atoms with Crippen LogP contribution in [0.1, 0.15) is 37.8 Å². The molecule has 0 saturated heterocycles. The summed E-state index contributed by atoms with van der Waals surface area (Å²) in [7, 11) is 1.67. The van der Waals surface area contributed by atoms with Gasteiger partial charge in [-0.1, -0.05) is 30.2 Å². The fourth-order valence-corrected chi connectivity index (χ4v) is 1.95. The summed E-state index contributed by atoms with van der Waals surface area (Å²) in [4.78, 5) is 0. The highest BCUT2D eigenvalue weighted by atomic mass is 16.5. The summed E-state index contributed by atoms with van der Waals surface area (Å²) >= 11 is 0. The van der Waals surface area contributed by atoms with Gasteiger partial charge >= 0.3 is 6.01 Å². The van der Waals surface area contributed by atoms with Gasteiger partial charge in [0.15, 0.2) is 0 Å². The molecule has 2 aromatic rings. The van der Waals surface area contributed by atoms with Gasteiger partial charge < -0.3 is 19.8 Å². The van der Waals surface area contributed by atoms with Crippen LogP contribution in [0.25, 0.3) is 0 Å². The van der Waals surface area contributed by atoms with Crippen LogP contribution in [0.3, 0.4) is 0 Å². The molecule has 0 aliphatic carbocycles. The van der Waals surface area contributed by atoms with Crippen molar-refractivity contribution in [1.82, 2.24) is 15.5 Å². The predicted molar refractivity (Wildman–Crippen MR) is 81.4 cm³/mol. The number of rotatable bonds is 8. The lowest BCUT2D eigenvalue weighted by Gasteiger charge is -2.09. The first-order valence-corrected chi connectivity index (χ1v) is 7.15. The third kappa shape index (κ3) is 4.27. The predicted octanol–water partition coefficient (Wildman–Crippen LogP) is 3.02. The molecule has 21 heavy (non-hydrogen) atoms. The van der Waals surface area contributed by atoms with Gasteiger partial charge in [-0.3, -0.25) is 0 Å². The number of nitrogens with zero attached hydrogens (tertiary/aromatic N) is 2. The lowest BCUT2D eigenvalue weighted by molar-refractivity contribution is 0.185. The van der Waals surface area contributed by atoms with Gasteiger partial charge in [0.25, 0.3) is 0 Å². The van der Waals surface area contributed by atoms with E-state index >= 15 is 0 Å². The molecule has 1 atom stereocenters. The summed E-state index contributed by atoms with van der Waals surface area (Å²) in [6, 6.07) is 8.30. The Labute approximate surface area is 124 Å². The Morgan fingerprint density at radius 1 is 1.29 bits per heavy atom. The van der Waals surface area contributed by atoms with Crippen molar-refractivity contribution in [2.45, 2.75) is 32.9 Å². The summed E-state index contributed by atoms with van der Waals surface area (Å²) in [5.74, 6) is 0.579. The first-order valence-electron chi connectivity index (χ1n) is 7.15. The van der Waals surface area contributed by atoms with E-state index in [9.17, 15) is 0 Å². The number of benzene rings is 1. The number of para-hydroxylation sites is 1. The van der Waals surface area contributed by atoms with Crippen molar-refractivity contribution in [3.05, 3.63) is 35.7 Å². The van der Waals surface area contributed by atoms with Crippen LogP contribution >= 0.6 is 0 Å². The molecule has 6 heteroatoms. The Morgan fingerprint density at radius 2 is 2.10 bits per heavy atom. The Morgan fingerprint density at radius 3 is 2.86 bits per heavy atom. The average Bonchev–Trinajstić information content (AvgIpc) is 2.96. The van der Waals surface area contributed by atoms with Gasteiger partial charge in [-0.15, -0.1) is 5.10 Å². The van der Waals surface area contributed by atoms with Gasteiger partial charge in [-0.25, -0.2) is 0 Å². The summed E-state index contributed by atoms with van der Waals surface area (Å²) in [6.45, 7) is 5.57. The first-order chi connectivity index (χ1) is 10.2. The largest absolute Gasteiger partial charge is 0.406 e. The van der Waals surface area contributed by atoms with Crippen LogP contribution < -0.4 is 10.6 Å². The SMILES string of the molecule is CCCNC(C)c1nnc(Nc2ccccc2COC)o1.